The number of hydrogen-bond donors (Lipinski definition) is 0. The second-order valence-electron chi connectivity index (χ2n) is 4.77. The molecular weight excluding hydrogens is 236 g/mol. The summed E-state index contributed by atoms with van der Waals surface area (Å²) in [5.74, 6) is 0.828. The average molecular weight is 260 g/mol. The van der Waals surface area contributed by atoms with E-state index in [0.29, 0.717) is 52.4 Å². The van der Waals surface area contributed by atoms with E-state index in [2.05, 4.69) is 0 Å². The lowest BCUT2D eigenvalue weighted by Gasteiger charge is -2.06. The molecule has 18 heavy (non-hydrogen) atoms. The van der Waals surface area contributed by atoms with Crippen LogP contribution in [0.3, 0.4) is 0 Å². The number of hydrogen-bond acceptors (Lipinski definition) is 5. The first-order chi connectivity index (χ1) is 8.95. The van der Waals surface area contributed by atoms with Gasteiger partial charge in [-0.05, 0) is 18.8 Å². The van der Waals surface area contributed by atoms with Crippen molar-refractivity contribution in [1.29, 1.82) is 0 Å². The van der Waals surface area contributed by atoms with Gasteiger partial charge < -0.3 is 23.7 Å². The Kier molecular flexibility index (Phi) is 6.97. The van der Waals surface area contributed by atoms with Gasteiger partial charge in [0.05, 0.1) is 52.9 Å². The van der Waals surface area contributed by atoms with Crippen LogP contribution in [0.5, 0.6) is 0 Å². The van der Waals surface area contributed by atoms with Crippen LogP contribution in [0.1, 0.15) is 12.8 Å². The molecule has 0 N–H and O–H groups in total. The van der Waals surface area contributed by atoms with Gasteiger partial charge in [0, 0.05) is 6.61 Å². The van der Waals surface area contributed by atoms with E-state index in [4.69, 9.17) is 23.7 Å². The molecule has 1 heterocycles. The highest BCUT2D eigenvalue weighted by atomic mass is 16.6. The Morgan fingerprint density at radius 2 is 1.22 bits per heavy atom. The van der Waals surface area contributed by atoms with Crippen molar-refractivity contribution in [2.24, 2.45) is 5.92 Å². The molecule has 1 saturated carbocycles. The van der Waals surface area contributed by atoms with Crippen molar-refractivity contribution < 1.29 is 23.7 Å². The molecule has 1 saturated heterocycles. The number of ether oxygens (including phenoxy) is 5. The minimum Gasteiger partial charge on any atom is -0.379 e. The first-order valence-electron chi connectivity index (χ1n) is 6.88. The quantitative estimate of drug-likeness (QED) is 0.363. The highest BCUT2D eigenvalue weighted by Gasteiger charge is 2.22. The molecule has 1 aliphatic heterocycles. The predicted molar refractivity (Wildman–Crippen MR) is 65.7 cm³/mol. The zero-order valence-corrected chi connectivity index (χ0v) is 11.0. The number of epoxide rings is 1. The third-order valence-electron chi connectivity index (χ3n) is 2.87. The monoisotopic (exact) mass is 260 g/mol. The summed E-state index contributed by atoms with van der Waals surface area (Å²) in [6.07, 6.45) is 3.01. The van der Waals surface area contributed by atoms with Gasteiger partial charge in [-0.1, -0.05) is 0 Å². The van der Waals surface area contributed by atoms with Crippen molar-refractivity contribution in [3.05, 3.63) is 0 Å². The fourth-order valence-corrected chi connectivity index (χ4v) is 1.47. The zero-order valence-electron chi connectivity index (χ0n) is 11.0. The lowest BCUT2D eigenvalue weighted by atomic mass is 10.5. The molecule has 0 aromatic heterocycles. The van der Waals surface area contributed by atoms with Crippen molar-refractivity contribution in [2.75, 3.05) is 59.5 Å². The molecule has 0 spiro atoms. The molecule has 0 radical (unpaired) electrons. The van der Waals surface area contributed by atoms with Crippen LogP contribution in [0.2, 0.25) is 0 Å². The van der Waals surface area contributed by atoms with Gasteiger partial charge in [0.1, 0.15) is 6.10 Å². The summed E-state index contributed by atoms with van der Waals surface area (Å²) >= 11 is 0. The molecule has 0 amide bonds. The summed E-state index contributed by atoms with van der Waals surface area (Å²) in [6.45, 7) is 6.28. The molecule has 1 aliphatic carbocycles. The van der Waals surface area contributed by atoms with Crippen LogP contribution in [0, 0.1) is 5.92 Å². The molecule has 0 aromatic rings. The van der Waals surface area contributed by atoms with Crippen molar-refractivity contribution in [1.82, 2.24) is 0 Å². The Morgan fingerprint density at radius 3 is 1.72 bits per heavy atom. The molecule has 2 aliphatic rings. The van der Waals surface area contributed by atoms with Crippen LogP contribution in [0.25, 0.3) is 0 Å². The van der Waals surface area contributed by atoms with Crippen LogP contribution in [0.15, 0.2) is 0 Å². The largest absolute Gasteiger partial charge is 0.379 e. The van der Waals surface area contributed by atoms with E-state index in [0.717, 1.165) is 19.1 Å². The summed E-state index contributed by atoms with van der Waals surface area (Å²) in [4.78, 5) is 0. The minimum atomic E-state index is 0.337. The van der Waals surface area contributed by atoms with Gasteiger partial charge >= 0.3 is 0 Å². The van der Waals surface area contributed by atoms with E-state index in [1.54, 1.807) is 0 Å². The molecule has 5 heteroatoms. The maximum absolute atomic E-state index is 5.45. The molecule has 5 nitrogen and oxygen atoms in total. The third-order valence-corrected chi connectivity index (χ3v) is 2.87. The SMILES string of the molecule is C(COCCOCC1CO1)OCCOCC1CC1. The van der Waals surface area contributed by atoms with Crippen molar-refractivity contribution >= 4 is 0 Å². The van der Waals surface area contributed by atoms with E-state index in [-0.39, 0.29) is 0 Å². The van der Waals surface area contributed by atoms with Crippen molar-refractivity contribution in [3.8, 4) is 0 Å². The molecule has 2 fully saturated rings. The fraction of sp³-hybridized carbons (Fsp3) is 1.00. The summed E-state index contributed by atoms with van der Waals surface area (Å²) in [7, 11) is 0. The summed E-state index contributed by atoms with van der Waals surface area (Å²) in [5, 5.41) is 0. The van der Waals surface area contributed by atoms with Crippen molar-refractivity contribution in [3.63, 3.8) is 0 Å². The molecule has 0 aromatic carbocycles. The van der Waals surface area contributed by atoms with Gasteiger partial charge in [0.25, 0.3) is 0 Å². The Balaban J connectivity index is 1.19. The van der Waals surface area contributed by atoms with E-state index in [9.17, 15) is 0 Å². The Hall–Kier alpha value is -0.200. The van der Waals surface area contributed by atoms with Gasteiger partial charge in [-0.3, -0.25) is 0 Å². The van der Waals surface area contributed by atoms with Gasteiger partial charge in [-0.2, -0.15) is 0 Å². The minimum absolute atomic E-state index is 0.337. The maximum atomic E-state index is 5.45. The van der Waals surface area contributed by atoms with Crippen LogP contribution < -0.4 is 0 Å². The average Bonchev–Trinajstić information content (AvgIpc) is 3.25. The molecule has 1 atom stereocenters. The second kappa shape index (κ2) is 8.82. The maximum Gasteiger partial charge on any atom is 0.104 e. The Morgan fingerprint density at radius 1 is 0.722 bits per heavy atom. The normalized spacial score (nSPS) is 22.3. The van der Waals surface area contributed by atoms with Gasteiger partial charge in [-0.15, -0.1) is 0 Å². The Bertz CT molecular complexity index is 182. The summed E-state index contributed by atoms with van der Waals surface area (Å²) < 4.78 is 26.5. The Labute approximate surface area is 109 Å². The van der Waals surface area contributed by atoms with Crippen LogP contribution in [-0.2, 0) is 23.7 Å². The third kappa shape index (κ3) is 8.00. The van der Waals surface area contributed by atoms with Gasteiger partial charge in [-0.25, -0.2) is 0 Å². The summed E-state index contributed by atoms with van der Waals surface area (Å²) in [6, 6.07) is 0. The lowest BCUT2D eigenvalue weighted by Crippen LogP contribution is -2.13. The predicted octanol–water partition coefficient (Wildman–Crippen LogP) is 0.862. The first kappa shape index (κ1) is 14.2. The molecule has 0 bridgehead atoms. The van der Waals surface area contributed by atoms with Gasteiger partial charge in [0.2, 0.25) is 0 Å². The van der Waals surface area contributed by atoms with E-state index >= 15 is 0 Å². The smallest absolute Gasteiger partial charge is 0.104 e. The van der Waals surface area contributed by atoms with E-state index in [1.807, 2.05) is 0 Å². The lowest BCUT2D eigenvalue weighted by molar-refractivity contribution is -0.00426. The van der Waals surface area contributed by atoms with Gasteiger partial charge in [0.15, 0.2) is 0 Å². The second-order valence-corrected chi connectivity index (χ2v) is 4.77. The highest BCUT2D eigenvalue weighted by molar-refractivity contribution is 4.71. The first-order valence-corrected chi connectivity index (χ1v) is 6.88. The topological polar surface area (TPSA) is 49.5 Å². The molecule has 1 unspecified atom stereocenters. The van der Waals surface area contributed by atoms with E-state index in [1.165, 1.54) is 12.8 Å². The van der Waals surface area contributed by atoms with E-state index < -0.39 is 0 Å². The van der Waals surface area contributed by atoms with Crippen molar-refractivity contribution in [2.45, 2.75) is 18.9 Å². The molecule has 2 rings (SSSR count). The van der Waals surface area contributed by atoms with Crippen LogP contribution >= 0.6 is 0 Å². The standard InChI is InChI=1S/C13H24O5/c1-2-12(1)9-16-7-5-14-3-4-15-6-8-17-10-13-11-18-13/h12-13H,1-11H2. The van der Waals surface area contributed by atoms with Crippen LogP contribution in [0.4, 0.5) is 0 Å². The fourth-order valence-electron chi connectivity index (χ4n) is 1.47. The number of rotatable bonds is 13. The summed E-state index contributed by atoms with van der Waals surface area (Å²) in [5.41, 5.74) is 0. The zero-order chi connectivity index (χ0) is 12.5. The highest BCUT2D eigenvalue weighted by Crippen LogP contribution is 2.28. The molecule has 106 valence electrons. The molecular formula is C13H24O5. The van der Waals surface area contributed by atoms with Crippen LogP contribution in [-0.4, -0.2) is 65.6 Å².